The normalized spacial score (nSPS) is 15.9. The highest BCUT2D eigenvalue weighted by atomic mass is 16.6. The van der Waals surface area contributed by atoms with Crippen LogP contribution in [-0.2, 0) is 43.0 Å². The van der Waals surface area contributed by atoms with Crippen LogP contribution in [0.15, 0.2) is 0 Å². The van der Waals surface area contributed by atoms with Gasteiger partial charge in [-0.1, -0.05) is 20.8 Å². The number of hydrogen-bond acceptors (Lipinski definition) is 11. The van der Waals surface area contributed by atoms with Gasteiger partial charge in [0.25, 0.3) is 0 Å². The summed E-state index contributed by atoms with van der Waals surface area (Å²) < 4.78 is 14.7. The summed E-state index contributed by atoms with van der Waals surface area (Å²) in [6.45, 7) is 11.1. The van der Waals surface area contributed by atoms with Crippen molar-refractivity contribution in [3.8, 4) is 0 Å². The lowest BCUT2D eigenvalue weighted by atomic mass is 9.97. The lowest BCUT2D eigenvalue weighted by molar-refractivity contribution is -0.160. The summed E-state index contributed by atoms with van der Waals surface area (Å²) in [4.78, 5) is 76.7. The Kier molecular flexibility index (Phi) is 14.8. The third kappa shape index (κ3) is 11.5. The van der Waals surface area contributed by atoms with Crippen LogP contribution < -0.4 is 16.4 Å². The quantitative estimate of drug-likeness (QED) is 0.150. The number of ether oxygens (including phenoxy) is 3. The van der Waals surface area contributed by atoms with Crippen molar-refractivity contribution in [2.24, 2.45) is 17.6 Å². The fourth-order valence-corrected chi connectivity index (χ4v) is 3.65. The first-order chi connectivity index (χ1) is 18.3. The molecule has 0 unspecified atom stereocenters. The summed E-state index contributed by atoms with van der Waals surface area (Å²) in [5, 5.41) is 15.2. The van der Waals surface area contributed by atoms with Crippen LogP contribution in [0.4, 0.5) is 0 Å². The molecule has 0 bridgehead atoms. The molecule has 14 nitrogen and oxygen atoms in total. The van der Waals surface area contributed by atoms with Gasteiger partial charge in [-0.2, -0.15) is 0 Å². The Morgan fingerprint density at radius 3 is 1.77 bits per heavy atom. The zero-order valence-electron chi connectivity index (χ0n) is 25.1. The number of amides is 3. The molecule has 0 aromatic rings. The van der Waals surface area contributed by atoms with Gasteiger partial charge in [0.15, 0.2) is 0 Å². The van der Waals surface area contributed by atoms with Gasteiger partial charge in [-0.25, -0.2) is 9.59 Å². The van der Waals surface area contributed by atoms with Crippen LogP contribution in [0.1, 0.15) is 61.3 Å². The van der Waals surface area contributed by atoms with Crippen LogP contribution in [-0.4, -0.2) is 103 Å². The fraction of sp³-hybridized carbons (Fsp3) is 0.769. The Labute approximate surface area is 235 Å². The first-order valence-corrected chi connectivity index (χ1v) is 13.0. The first kappa shape index (κ1) is 36.7. The monoisotopic (exact) mass is 574 g/mol. The van der Waals surface area contributed by atoms with Crippen molar-refractivity contribution < 1.29 is 48.1 Å². The molecule has 0 aromatic carbocycles. The number of nitrogens with zero attached hydrogens (tertiary/aromatic N) is 1. The summed E-state index contributed by atoms with van der Waals surface area (Å²) in [6, 6.07) is -5.08. The van der Waals surface area contributed by atoms with E-state index in [9.17, 15) is 33.9 Å². The molecule has 0 aliphatic rings. The molecular formula is C26H46N4O10. The average molecular weight is 575 g/mol. The van der Waals surface area contributed by atoms with Gasteiger partial charge >= 0.3 is 17.9 Å². The van der Waals surface area contributed by atoms with Crippen LogP contribution >= 0.6 is 0 Å². The SMILES string of the molecule is COC(=O)[C@H](N)CCC(=O)N(C)[C@@H](C(=O)N[C@@H](C(=O)OC)[C@H](C)C(=O)N[C@H](C(=O)OC(C)(C)C)C(C)C)[C@@H](C)O. The predicted octanol–water partition coefficient (Wildman–Crippen LogP) is -0.749. The van der Waals surface area contributed by atoms with Gasteiger partial charge in [0, 0.05) is 13.5 Å². The molecule has 0 aliphatic heterocycles. The fourth-order valence-electron chi connectivity index (χ4n) is 3.65. The summed E-state index contributed by atoms with van der Waals surface area (Å²) in [5.74, 6) is -6.21. The second-order valence-electron chi connectivity index (χ2n) is 10.9. The molecule has 0 aliphatic carbocycles. The minimum Gasteiger partial charge on any atom is -0.468 e. The molecule has 6 atom stereocenters. The number of hydrogen-bond donors (Lipinski definition) is 4. The number of carbonyl (C=O) groups is 6. The molecule has 0 fully saturated rings. The maximum absolute atomic E-state index is 13.2. The maximum atomic E-state index is 13.2. The van der Waals surface area contributed by atoms with Gasteiger partial charge in [0.1, 0.15) is 29.8 Å². The summed E-state index contributed by atoms with van der Waals surface area (Å²) in [6.07, 6.45) is -1.69. The van der Waals surface area contributed by atoms with E-state index in [1.54, 1.807) is 34.6 Å². The van der Waals surface area contributed by atoms with Crippen molar-refractivity contribution in [2.75, 3.05) is 21.3 Å². The van der Waals surface area contributed by atoms with Crippen LogP contribution in [0.5, 0.6) is 0 Å². The van der Waals surface area contributed by atoms with Gasteiger partial charge < -0.3 is 40.6 Å². The number of nitrogens with two attached hydrogens (primary N) is 1. The molecule has 0 heterocycles. The van der Waals surface area contributed by atoms with Crippen molar-refractivity contribution in [2.45, 2.75) is 97.2 Å². The van der Waals surface area contributed by atoms with Gasteiger partial charge in [-0.15, -0.1) is 0 Å². The van der Waals surface area contributed by atoms with E-state index in [2.05, 4.69) is 15.4 Å². The van der Waals surface area contributed by atoms with Gasteiger partial charge in [0.05, 0.1) is 26.2 Å². The van der Waals surface area contributed by atoms with Gasteiger partial charge in [-0.05, 0) is 40.0 Å². The largest absolute Gasteiger partial charge is 0.468 e. The summed E-state index contributed by atoms with van der Waals surface area (Å²) in [5.41, 5.74) is 4.86. The van der Waals surface area contributed by atoms with Gasteiger partial charge in [0.2, 0.25) is 17.7 Å². The molecule has 40 heavy (non-hydrogen) atoms. The van der Waals surface area contributed by atoms with E-state index in [-0.39, 0.29) is 18.8 Å². The molecule has 0 saturated heterocycles. The molecule has 14 heteroatoms. The van der Waals surface area contributed by atoms with Crippen LogP contribution in [0, 0.1) is 11.8 Å². The zero-order valence-corrected chi connectivity index (χ0v) is 25.1. The van der Waals surface area contributed by atoms with Crippen molar-refractivity contribution in [3.05, 3.63) is 0 Å². The van der Waals surface area contributed by atoms with E-state index in [1.165, 1.54) is 20.9 Å². The van der Waals surface area contributed by atoms with E-state index in [1.807, 2.05) is 0 Å². The smallest absolute Gasteiger partial charge is 0.329 e. The van der Waals surface area contributed by atoms with Crippen LogP contribution in [0.3, 0.4) is 0 Å². The number of aliphatic hydroxyl groups excluding tert-OH is 1. The highest BCUT2D eigenvalue weighted by molar-refractivity contribution is 5.95. The Balaban J connectivity index is 5.78. The number of aliphatic hydroxyl groups is 1. The van der Waals surface area contributed by atoms with Crippen molar-refractivity contribution >= 4 is 35.6 Å². The van der Waals surface area contributed by atoms with E-state index in [0.29, 0.717) is 0 Å². The average Bonchev–Trinajstić information content (AvgIpc) is 2.85. The van der Waals surface area contributed by atoms with E-state index in [4.69, 9.17) is 15.2 Å². The first-order valence-electron chi connectivity index (χ1n) is 13.0. The molecule has 0 rings (SSSR count). The number of carbonyl (C=O) groups excluding carboxylic acids is 6. The number of nitrogens with one attached hydrogen (secondary N) is 2. The minimum absolute atomic E-state index is 0.0688. The lowest BCUT2D eigenvalue weighted by Crippen LogP contribution is -2.59. The topological polar surface area (TPSA) is 204 Å². The van der Waals surface area contributed by atoms with Crippen LogP contribution in [0.25, 0.3) is 0 Å². The third-order valence-electron chi connectivity index (χ3n) is 6.00. The highest BCUT2D eigenvalue weighted by Crippen LogP contribution is 2.15. The molecule has 0 aromatic heterocycles. The van der Waals surface area contributed by atoms with Crippen LogP contribution in [0.2, 0.25) is 0 Å². The highest BCUT2D eigenvalue weighted by Gasteiger charge is 2.39. The van der Waals surface area contributed by atoms with Crippen molar-refractivity contribution in [3.63, 3.8) is 0 Å². The van der Waals surface area contributed by atoms with E-state index in [0.717, 1.165) is 19.1 Å². The lowest BCUT2D eigenvalue weighted by Gasteiger charge is -2.32. The van der Waals surface area contributed by atoms with E-state index < -0.39 is 77.4 Å². The zero-order chi connectivity index (χ0) is 31.5. The molecule has 230 valence electrons. The number of rotatable bonds is 14. The maximum Gasteiger partial charge on any atom is 0.329 e. The summed E-state index contributed by atoms with van der Waals surface area (Å²) in [7, 11) is 3.49. The number of methoxy groups -OCH3 is 2. The molecule has 0 saturated carbocycles. The minimum atomic E-state index is -1.53. The van der Waals surface area contributed by atoms with Crippen molar-refractivity contribution in [1.82, 2.24) is 15.5 Å². The second kappa shape index (κ2) is 16.1. The predicted molar refractivity (Wildman–Crippen MR) is 143 cm³/mol. The number of likely N-dealkylation sites (N-methyl/N-ethyl adjacent to an activating group) is 1. The molecular weight excluding hydrogens is 528 g/mol. The summed E-state index contributed by atoms with van der Waals surface area (Å²) >= 11 is 0. The third-order valence-corrected chi connectivity index (χ3v) is 6.00. The Morgan fingerprint density at radius 2 is 1.35 bits per heavy atom. The van der Waals surface area contributed by atoms with Gasteiger partial charge in [-0.3, -0.25) is 19.2 Å². The molecule has 0 spiro atoms. The second-order valence-corrected chi connectivity index (χ2v) is 10.9. The number of esters is 3. The molecule has 5 N–H and O–H groups in total. The Morgan fingerprint density at radius 1 is 0.850 bits per heavy atom. The van der Waals surface area contributed by atoms with E-state index >= 15 is 0 Å². The molecule has 3 amide bonds. The molecule has 0 radical (unpaired) electrons. The van der Waals surface area contributed by atoms with Crippen molar-refractivity contribution in [1.29, 1.82) is 0 Å². The Bertz CT molecular complexity index is 916. The Hall–Kier alpha value is -3.26. The standard InChI is InChI=1S/C26H46N4O10/c1-13(2)18(25(37)40-26(5,6)7)28-21(33)14(3)19(24(36)39-10)29-22(34)20(15(4)31)30(8)17(32)12-11-16(27)23(35)38-9/h13-16,18-20,31H,11-12,27H2,1-10H3,(H,28,33)(H,29,34)/t14-,15+,16+,18-,19+,20+/m0/s1.